The van der Waals surface area contributed by atoms with Crippen molar-refractivity contribution in [2.75, 3.05) is 18.1 Å². The van der Waals surface area contributed by atoms with E-state index in [2.05, 4.69) is 24.3 Å². The van der Waals surface area contributed by atoms with E-state index in [1.165, 1.54) is 22.3 Å². The quantitative estimate of drug-likeness (QED) is 0.635. The first-order valence-corrected chi connectivity index (χ1v) is 10.2. The number of aryl methyl sites for hydroxylation is 1. The van der Waals surface area contributed by atoms with Crippen LogP contribution in [0.3, 0.4) is 0 Å². The third kappa shape index (κ3) is 3.15. The maximum Gasteiger partial charge on any atom is 0.414 e. The Morgan fingerprint density at radius 2 is 1.66 bits per heavy atom. The number of aromatic hydroxyl groups is 1. The molecule has 0 saturated heterocycles. The maximum absolute atomic E-state index is 13.0. The fourth-order valence-electron chi connectivity index (χ4n) is 4.60. The summed E-state index contributed by atoms with van der Waals surface area (Å²) >= 11 is 0. The summed E-state index contributed by atoms with van der Waals surface area (Å²) in [6.07, 6.45) is 2.45. The van der Waals surface area contributed by atoms with E-state index in [0.717, 1.165) is 30.5 Å². The summed E-state index contributed by atoms with van der Waals surface area (Å²) in [7, 11) is 0. The van der Waals surface area contributed by atoms with Gasteiger partial charge in [-0.15, -0.1) is 0 Å². The van der Waals surface area contributed by atoms with Crippen LogP contribution >= 0.6 is 0 Å². The molecule has 1 heterocycles. The summed E-state index contributed by atoms with van der Waals surface area (Å²) in [4.78, 5) is 14.7. The van der Waals surface area contributed by atoms with Gasteiger partial charge in [-0.05, 0) is 65.3 Å². The van der Waals surface area contributed by atoms with Crippen LogP contribution in [0.1, 0.15) is 35.4 Å². The molecule has 0 bridgehead atoms. The molecule has 0 saturated carbocycles. The van der Waals surface area contributed by atoms with Crippen molar-refractivity contribution in [2.24, 2.45) is 0 Å². The molecule has 3 aromatic rings. The monoisotopic (exact) mass is 385 g/mol. The number of benzene rings is 3. The highest BCUT2D eigenvalue weighted by molar-refractivity contribution is 5.89. The topological polar surface area (TPSA) is 49.8 Å². The first kappa shape index (κ1) is 17.8. The molecule has 0 atom stereocenters. The highest BCUT2D eigenvalue weighted by Crippen LogP contribution is 2.44. The molecule has 5 rings (SSSR count). The summed E-state index contributed by atoms with van der Waals surface area (Å²) in [6.45, 7) is 0.950. The van der Waals surface area contributed by atoms with Crippen LogP contribution in [0, 0.1) is 0 Å². The summed E-state index contributed by atoms with van der Waals surface area (Å²) in [6, 6.07) is 21.9. The third-order valence-corrected chi connectivity index (χ3v) is 5.99. The number of hydrogen-bond donors (Lipinski definition) is 1. The van der Waals surface area contributed by atoms with Gasteiger partial charge in [-0.1, -0.05) is 48.5 Å². The standard InChI is InChI=1S/C25H23NO3/c27-18-12-13-24-17(15-18)7-5-6-14-26(24)25(28)29-16-23-21-10-3-1-8-19(21)20-9-2-4-11-22(20)23/h1-4,8-13,15,23,27H,5-7,14,16H2. The van der Waals surface area contributed by atoms with Gasteiger partial charge in [0.05, 0.1) is 5.69 Å². The van der Waals surface area contributed by atoms with Gasteiger partial charge in [0, 0.05) is 12.5 Å². The predicted molar refractivity (Wildman–Crippen MR) is 113 cm³/mol. The number of rotatable bonds is 2. The second-order valence-electron chi connectivity index (χ2n) is 7.73. The van der Waals surface area contributed by atoms with Crippen LogP contribution in [0.15, 0.2) is 66.7 Å². The zero-order chi connectivity index (χ0) is 19.8. The Hall–Kier alpha value is -3.27. The Morgan fingerprint density at radius 1 is 0.966 bits per heavy atom. The Balaban J connectivity index is 1.39. The number of amides is 1. The van der Waals surface area contributed by atoms with Crippen LogP contribution in [0.4, 0.5) is 10.5 Å². The first-order valence-electron chi connectivity index (χ1n) is 10.2. The minimum atomic E-state index is -0.319. The second-order valence-corrected chi connectivity index (χ2v) is 7.73. The molecule has 146 valence electrons. The summed E-state index contributed by atoms with van der Waals surface area (Å²) in [5.41, 5.74) is 6.71. The molecule has 0 fully saturated rings. The average Bonchev–Trinajstić information content (AvgIpc) is 2.91. The predicted octanol–water partition coefficient (Wildman–Crippen LogP) is 5.48. The summed E-state index contributed by atoms with van der Waals surface area (Å²) < 4.78 is 5.85. The van der Waals surface area contributed by atoms with Gasteiger partial charge in [-0.2, -0.15) is 0 Å². The van der Waals surface area contributed by atoms with E-state index in [1.54, 1.807) is 17.0 Å². The number of ether oxygens (including phenoxy) is 1. The van der Waals surface area contributed by atoms with E-state index in [1.807, 2.05) is 30.3 Å². The zero-order valence-corrected chi connectivity index (χ0v) is 16.2. The highest BCUT2D eigenvalue weighted by atomic mass is 16.6. The number of nitrogens with zero attached hydrogens (tertiary/aromatic N) is 1. The van der Waals surface area contributed by atoms with E-state index < -0.39 is 0 Å². The smallest absolute Gasteiger partial charge is 0.414 e. The molecule has 1 aliphatic carbocycles. The maximum atomic E-state index is 13.0. The lowest BCUT2D eigenvalue weighted by Crippen LogP contribution is -2.33. The summed E-state index contributed by atoms with van der Waals surface area (Å²) in [5, 5.41) is 9.80. The van der Waals surface area contributed by atoms with Gasteiger partial charge in [0.2, 0.25) is 0 Å². The van der Waals surface area contributed by atoms with Gasteiger partial charge in [0.25, 0.3) is 0 Å². The highest BCUT2D eigenvalue weighted by Gasteiger charge is 2.30. The van der Waals surface area contributed by atoms with Crippen molar-refractivity contribution in [1.29, 1.82) is 0 Å². The minimum absolute atomic E-state index is 0.0533. The number of anilines is 1. The van der Waals surface area contributed by atoms with Crippen LogP contribution < -0.4 is 4.90 Å². The number of phenols is 1. The molecule has 1 N–H and O–H groups in total. The molecular formula is C25H23NO3. The largest absolute Gasteiger partial charge is 0.508 e. The van der Waals surface area contributed by atoms with Crippen molar-refractivity contribution in [3.63, 3.8) is 0 Å². The number of carbonyl (C=O) groups is 1. The zero-order valence-electron chi connectivity index (χ0n) is 16.2. The fraction of sp³-hybridized carbons (Fsp3) is 0.240. The van der Waals surface area contributed by atoms with Gasteiger partial charge in [0.15, 0.2) is 0 Å². The normalized spacial score (nSPS) is 15.2. The molecule has 4 heteroatoms. The molecule has 29 heavy (non-hydrogen) atoms. The molecule has 0 spiro atoms. The van der Waals surface area contributed by atoms with Crippen molar-refractivity contribution < 1.29 is 14.6 Å². The van der Waals surface area contributed by atoms with Crippen LogP contribution in [0.2, 0.25) is 0 Å². The third-order valence-electron chi connectivity index (χ3n) is 5.99. The van der Waals surface area contributed by atoms with E-state index >= 15 is 0 Å². The molecule has 0 radical (unpaired) electrons. The number of carbonyl (C=O) groups excluding carboxylic acids is 1. The van der Waals surface area contributed by atoms with Crippen LogP contribution in [0.5, 0.6) is 5.75 Å². The molecule has 1 aliphatic heterocycles. The number of fused-ring (bicyclic) bond motifs is 4. The Morgan fingerprint density at radius 3 is 2.38 bits per heavy atom. The van der Waals surface area contributed by atoms with Crippen molar-refractivity contribution in [3.05, 3.63) is 83.4 Å². The average molecular weight is 385 g/mol. The first-order chi connectivity index (χ1) is 14.2. The van der Waals surface area contributed by atoms with Gasteiger partial charge in [0.1, 0.15) is 12.4 Å². The molecule has 3 aromatic carbocycles. The van der Waals surface area contributed by atoms with Gasteiger partial charge in [-0.25, -0.2) is 4.79 Å². The SMILES string of the molecule is O=C(OCC1c2ccccc2-c2ccccc21)N1CCCCc2cc(O)ccc21. The lowest BCUT2D eigenvalue weighted by molar-refractivity contribution is 0.150. The van der Waals surface area contributed by atoms with Gasteiger partial charge < -0.3 is 9.84 Å². The molecule has 1 amide bonds. The van der Waals surface area contributed by atoms with Crippen molar-refractivity contribution in [1.82, 2.24) is 0 Å². The van der Waals surface area contributed by atoms with Gasteiger partial charge in [-0.3, -0.25) is 4.90 Å². The van der Waals surface area contributed by atoms with Crippen LogP contribution in [0.25, 0.3) is 11.1 Å². The van der Waals surface area contributed by atoms with Crippen LogP contribution in [-0.2, 0) is 11.2 Å². The Kier molecular flexibility index (Phi) is 4.47. The minimum Gasteiger partial charge on any atom is -0.508 e. The molecule has 0 aromatic heterocycles. The Labute approximate surface area is 170 Å². The molecule has 0 unspecified atom stereocenters. The summed E-state index contributed by atoms with van der Waals surface area (Å²) in [5.74, 6) is 0.288. The lowest BCUT2D eigenvalue weighted by atomic mass is 9.98. The van der Waals surface area contributed by atoms with E-state index in [4.69, 9.17) is 4.74 Å². The van der Waals surface area contributed by atoms with Crippen molar-refractivity contribution in [2.45, 2.75) is 25.2 Å². The Bertz CT molecular complexity index is 1030. The van der Waals surface area contributed by atoms with Crippen LogP contribution in [-0.4, -0.2) is 24.4 Å². The molecule has 4 nitrogen and oxygen atoms in total. The van der Waals surface area contributed by atoms with Crippen molar-refractivity contribution in [3.8, 4) is 16.9 Å². The van der Waals surface area contributed by atoms with E-state index in [9.17, 15) is 9.90 Å². The fourth-order valence-corrected chi connectivity index (χ4v) is 4.60. The van der Waals surface area contributed by atoms with E-state index in [0.29, 0.717) is 13.2 Å². The molecule has 2 aliphatic rings. The van der Waals surface area contributed by atoms with Gasteiger partial charge >= 0.3 is 6.09 Å². The van der Waals surface area contributed by atoms with Crippen molar-refractivity contribution >= 4 is 11.8 Å². The molecular weight excluding hydrogens is 362 g/mol. The number of hydrogen-bond acceptors (Lipinski definition) is 3. The second kappa shape index (κ2) is 7.28. The number of phenolic OH excluding ortho intramolecular Hbond substituents is 1. The lowest BCUT2D eigenvalue weighted by Gasteiger charge is -2.23. The van der Waals surface area contributed by atoms with E-state index in [-0.39, 0.29) is 17.8 Å².